The van der Waals surface area contributed by atoms with E-state index in [2.05, 4.69) is 30.9 Å². The van der Waals surface area contributed by atoms with Crippen molar-refractivity contribution in [3.05, 3.63) is 33.6 Å². The fourth-order valence-corrected chi connectivity index (χ4v) is 1.98. The zero-order valence-corrected chi connectivity index (χ0v) is 9.88. The lowest BCUT2D eigenvalue weighted by atomic mass is 10.3. The van der Waals surface area contributed by atoms with Crippen molar-refractivity contribution in [3.8, 4) is 11.5 Å². The number of aromatic nitrogens is 3. The molecule has 0 aliphatic carbocycles. The molecule has 0 aromatic carbocycles. The van der Waals surface area contributed by atoms with Crippen LogP contribution in [0, 0.1) is 0 Å². The van der Waals surface area contributed by atoms with E-state index >= 15 is 0 Å². The Hall–Kier alpha value is -0.910. The molecule has 2 aromatic heterocycles. The molecule has 0 aliphatic rings. The van der Waals surface area contributed by atoms with Gasteiger partial charge in [0.05, 0.1) is 23.5 Å². The lowest BCUT2D eigenvalue weighted by Crippen LogP contribution is -1.88. The number of aliphatic hydroxyl groups excluding tert-OH is 1. The number of aromatic amines is 1. The van der Waals surface area contributed by atoms with Crippen LogP contribution >= 0.6 is 27.5 Å². The first-order valence-electron chi connectivity index (χ1n) is 4.17. The molecule has 4 nitrogen and oxygen atoms in total. The summed E-state index contributed by atoms with van der Waals surface area (Å²) in [6.45, 7) is -0.0712. The normalized spacial score (nSPS) is 10.6. The molecule has 2 aromatic rings. The topological polar surface area (TPSA) is 61.8 Å². The number of pyridine rings is 1. The van der Waals surface area contributed by atoms with Crippen LogP contribution < -0.4 is 0 Å². The summed E-state index contributed by atoms with van der Waals surface area (Å²) >= 11 is 9.12. The smallest absolute Gasteiger partial charge is 0.157 e. The van der Waals surface area contributed by atoms with E-state index in [1.165, 1.54) is 0 Å². The van der Waals surface area contributed by atoms with Crippen molar-refractivity contribution in [2.45, 2.75) is 6.61 Å². The van der Waals surface area contributed by atoms with Gasteiger partial charge in [0.1, 0.15) is 5.69 Å². The standard InChI is InChI=1S/C9H7BrClN3O/c10-7-1-5(11)2-12-8(7)9-13-3-6(4-15)14-9/h1-3,15H,4H2,(H,13,14). The molecule has 6 heteroatoms. The lowest BCUT2D eigenvalue weighted by molar-refractivity contribution is 0.277. The zero-order valence-electron chi connectivity index (χ0n) is 7.54. The van der Waals surface area contributed by atoms with E-state index in [9.17, 15) is 0 Å². The molecular formula is C9H7BrClN3O. The summed E-state index contributed by atoms with van der Waals surface area (Å²) in [5, 5.41) is 9.44. The van der Waals surface area contributed by atoms with E-state index < -0.39 is 0 Å². The van der Waals surface area contributed by atoms with Gasteiger partial charge in [-0.1, -0.05) is 11.6 Å². The van der Waals surface area contributed by atoms with Gasteiger partial charge in [0, 0.05) is 10.7 Å². The molecular weight excluding hydrogens is 281 g/mol. The average Bonchev–Trinajstić information content (AvgIpc) is 2.66. The Morgan fingerprint density at radius 1 is 1.40 bits per heavy atom. The minimum Gasteiger partial charge on any atom is -0.390 e. The Labute approximate surface area is 99.5 Å². The molecule has 0 radical (unpaired) electrons. The molecule has 0 saturated carbocycles. The molecule has 78 valence electrons. The molecule has 0 bridgehead atoms. The minimum atomic E-state index is -0.0712. The maximum atomic E-state index is 8.89. The number of nitrogens with one attached hydrogen (secondary N) is 1. The average molecular weight is 289 g/mol. The summed E-state index contributed by atoms with van der Waals surface area (Å²) in [7, 11) is 0. The first-order valence-corrected chi connectivity index (χ1v) is 5.34. The highest BCUT2D eigenvalue weighted by molar-refractivity contribution is 9.10. The summed E-state index contributed by atoms with van der Waals surface area (Å²) < 4.78 is 0.758. The SMILES string of the molecule is OCc1cnc(-c2ncc(Cl)cc2Br)[nH]1. The maximum Gasteiger partial charge on any atom is 0.157 e. The van der Waals surface area contributed by atoms with Gasteiger partial charge in [-0.25, -0.2) is 4.98 Å². The van der Waals surface area contributed by atoms with Crippen LogP contribution in [0.3, 0.4) is 0 Å². The van der Waals surface area contributed by atoms with Gasteiger partial charge >= 0.3 is 0 Å². The molecule has 0 fully saturated rings. The third-order valence-corrected chi connectivity index (χ3v) is 2.64. The van der Waals surface area contributed by atoms with Gasteiger partial charge in [-0.15, -0.1) is 0 Å². The monoisotopic (exact) mass is 287 g/mol. The maximum absolute atomic E-state index is 8.89. The summed E-state index contributed by atoms with van der Waals surface area (Å²) in [6.07, 6.45) is 3.11. The van der Waals surface area contributed by atoms with Crippen molar-refractivity contribution in [2.75, 3.05) is 0 Å². The van der Waals surface area contributed by atoms with Crippen molar-refractivity contribution >= 4 is 27.5 Å². The predicted octanol–water partition coefficient (Wildman–Crippen LogP) is 2.38. The van der Waals surface area contributed by atoms with Crippen molar-refractivity contribution < 1.29 is 5.11 Å². The van der Waals surface area contributed by atoms with E-state index in [0.717, 1.165) is 4.47 Å². The van der Waals surface area contributed by atoms with Crippen molar-refractivity contribution in [1.29, 1.82) is 0 Å². The van der Waals surface area contributed by atoms with Crippen molar-refractivity contribution in [1.82, 2.24) is 15.0 Å². The van der Waals surface area contributed by atoms with Crippen LogP contribution in [-0.2, 0) is 6.61 Å². The van der Waals surface area contributed by atoms with Crippen LogP contribution in [-0.4, -0.2) is 20.1 Å². The van der Waals surface area contributed by atoms with E-state index in [1.54, 1.807) is 18.5 Å². The number of hydrogen-bond donors (Lipinski definition) is 2. The summed E-state index contributed by atoms with van der Waals surface area (Å²) in [4.78, 5) is 11.2. The number of hydrogen-bond acceptors (Lipinski definition) is 3. The van der Waals surface area contributed by atoms with Gasteiger partial charge < -0.3 is 10.1 Å². The largest absolute Gasteiger partial charge is 0.390 e. The van der Waals surface area contributed by atoms with Gasteiger partial charge in [0.2, 0.25) is 0 Å². The summed E-state index contributed by atoms with van der Waals surface area (Å²) in [6, 6.07) is 1.74. The van der Waals surface area contributed by atoms with Crippen molar-refractivity contribution in [2.24, 2.45) is 0 Å². The number of imidazole rings is 1. The van der Waals surface area contributed by atoms with Crippen LogP contribution in [0.25, 0.3) is 11.5 Å². The Bertz CT molecular complexity index is 486. The Kier molecular flexibility index (Phi) is 3.04. The minimum absolute atomic E-state index is 0.0712. The summed E-state index contributed by atoms with van der Waals surface area (Å²) in [5.41, 5.74) is 1.31. The van der Waals surface area contributed by atoms with Crippen LogP contribution in [0.2, 0.25) is 5.02 Å². The third-order valence-electron chi connectivity index (χ3n) is 1.83. The number of H-pyrrole nitrogens is 1. The molecule has 0 spiro atoms. The number of rotatable bonds is 2. The highest BCUT2D eigenvalue weighted by atomic mass is 79.9. The molecule has 0 saturated heterocycles. The van der Waals surface area contributed by atoms with E-state index in [1.807, 2.05) is 0 Å². The first kappa shape index (κ1) is 10.6. The van der Waals surface area contributed by atoms with Crippen LogP contribution in [0.1, 0.15) is 5.69 Å². The molecule has 2 N–H and O–H groups in total. The second-order valence-corrected chi connectivity index (χ2v) is 4.19. The van der Waals surface area contributed by atoms with Crippen LogP contribution in [0.5, 0.6) is 0 Å². The number of halogens is 2. The predicted molar refractivity (Wildman–Crippen MR) is 60.5 cm³/mol. The van der Waals surface area contributed by atoms with Gasteiger partial charge in [-0.3, -0.25) is 4.98 Å². The second kappa shape index (κ2) is 4.30. The molecule has 0 aliphatic heterocycles. The number of aliphatic hydroxyl groups is 1. The molecule has 0 atom stereocenters. The number of nitrogens with zero attached hydrogens (tertiary/aromatic N) is 2. The fraction of sp³-hybridized carbons (Fsp3) is 0.111. The van der Waals surface area contributed by atoms with Gasteiger partial charge in [0.25, 0.3) is 0 Å². The Morgan fingerprint density at radius 2 is 2.20 bits per heavy atom. The molecule has 15 heavy (non-hydrogen) atoms. The van der Waals surface area contributed by atoms with E-state index in [-0.39, 0.29) is 6.61 Å². The molecule has 0 amide bonds. The van der Waals surface area contributed by atoms with Crippen LogP contribution in [0.15, 0.2) is 22.9 Å². The first-order chi connectivity index (χ1) is 7.20. The fourth-order valence-electron chi connectivity index (χ4n) is 1.15. The molecule has 0 unspecified atom stereocenters. The Morgan fingerprint density at radius 3 is 2.80 bits per heavy atom. The quantitative estimate of drug-likeness (QED) is 0.892. The van der Waals surface area contributed by atoms with Crippen molar-refractivity contribution in [3.63, 3.8) is 0 Å². The molecule has 2 rings (SSSR count). The van der Waals surface area contributed by atoms with Crippen LogP contribution in [0.4, 0.5) is 0 Å². The molecule has 2 heterocycles. The second-order valence-electron chi connectivity index (χ2n) is 2.90. The highest BCUT2D eigenvalue weighted by Crippen LogP contribution is 2.26. The van der Waals surface area contributed by atoms with Gasteiger partial charge in [-0.2, -0.15) is 0 Å². The van der Waals surface area contributed by atoms with Gasteiger partial charge in [0.15, 0.2) is 5.82 Å². The zero-order chi connectivity index (χ0) is 10.8. The highest BCUT2D eigenvalue weighted by Gasteiger charge is 2.09. The van der Waals surface area contributed by atoms with E-state index in [0.29, 0.717) is 22.2 Å². The van der Waals surface area contributed by atoms with Gasteiger partial charge in [-0.05, 0) is 22.0 Å². The third kappa shape index (κ3) is 2.19. The summed E-state index contributed by atoms with van der Waals surface area (Å²) in [5.74, 6) is 0.600. The lowest BCUT2D eigenvalue weighted by Gasteiger charge is -1.99. The van der Waals surface area contributed by atoms with E-state index in [4.69, 9.17) is 16.7 Å². The Balaban J connectivity index is 2.44.